The van der Waals surface area contributed by atoms with E-state index in [4.69, 9.17) is 5.73 Å². The molecule has 3 heteroatoms. The Labute approximate surface area is 89.3 Å². The second kappa shape index (κ2) is 3.52. The Balaban J connectivity index is 2.41. The van der Waals surface area contributed by atoms with Crippen LogP contribution in [0.4, 0.5) is 5.69 Å². The molecule has 1 aromatic heterocycles. The third-order valence-corrected chi connectivity index (χ3v) is 3.27. The van der Waals surface area contributed by atoms with Crippen LogP contribution in [0, 0.1) is 0 Å². The molecule has 0 aliphatic rings. The molecular weight excluding hydrogens is 246 g/mol. The lowest BCUT2D eigenvalue weighted by Crippen LogP contribution is -1.76. The van der Waals surface area contributed by atoms with Crippen LogP contribution in [0.3, 0.4) is 0 Å². The van der Waals surface area contributed by atoms with Gasteiger partial charge in [-0.15, -0.1) is 11.3 Å². The summed E-state index contributed by atoms with van der Waals surface area (Å²) in [7, 11) is 0. The molecule has 2 rings (SSSR count). The van der Waals surface area contributed by atoms with Gasteiger partial charge in [0.15, 0.2) is 0 Å². The Hall–Kier alpha value is -0.800. The summed E-state index contributed by atoms with van der Waals surface area (Å²) < 4.78 is 1.10. The molecule has 1 heterocycles. The predicted molar refractivity (Wildman–Crippen MR) is 61.9 cm³/mol. The molecule has 0 spiro atoms. The minimum absolute atomic E-state index is 0.836. The lowest BCUT2D eigenvalue weighted by Gasteiger charge is -1.96. The molecule has 1 nitrogen and oxygen atoms in total. The SMILES string of the molecule is Nc1csc(-c2ccc(Br)cc2)c1. The second-order valence-corrected chi connectivity index (χ2v) is 4.58. The molecule has 0 radical (unpaired) electrons. The Kier molecular flexibility index (Phi) is 2.38. The summed E-state index contributed by atoms with van der Waals surface area (Å²) in [5.74, 6) is 0. The Morgan fingerprint density at radius 3 is 2.38 bits per heavy atom. The minimum Gasteiger partial charge on any atom is -0.398 e. The van der Waals surface area contributed by atoms with Gasteiger partial charge < -0.3 is 5.73 Å². The largest absolute Gasteiger partial charge is 0.398 e. The summed E-state index contributed by atoms with van der Waals surface area (Å²) in [6.45, 7) is 0. The predicted octanol–water partition coefficient (Wildman–Crippen LogP) is 3.76. The number of benzene rings is 1. The monoisotopic (exact) mass is 253 g/mol. The van der Waals surface area contributed by atoms with Gasteiger partial charge in [0.05, 0.1) is 0 Å². The van der Waals surface area contributed by atoms with E-state index in [9.17, 15) is 0 Å². The highest BCUT2D eigenvalue weighted by Crippen LogP contribution is 2.28. The molecule has 2 N–H and O–H groups in total. The number of rotatable bonds is 1. The molecule has 13 heavy (non-hydrogen) atoms. The summed E-state index contributed by atoms with van der Waals surface area (Å²) in [4.78, 5) is 1.21. The fourth-order valence-electron chi connectivity index (χ4n) is 1.12. The van der Waals surface area contributed by atoms with E-state index in [1.54, 1.807) is 11.3 Å². The molecular formula is C10H8BrNS. The highest BCUT2D eigenvalue weighted by Gasteiger charge is 1.99. The third kappa shape index (κ3) is 1.92. The maximum absolute atomic E-state index is 5.65. The van der Waals surface area contributed by atoms with E-state index in [1.807, 2.05) is 23.6 Å². The van der Waals surface area contributed by atoms with Gasteiger partial charge in [-0.1, -0.05) is 28.1 Å². The number of halogens is 1. The first-order valence-corrected chi connectivity index (χ1v) is 5.53. The van der Waals surface area contributed by atoms with Crippen LogP contribution in [0.2, 0.25) is 0 Å². The van der Waals surface area contributed by atoms with Gasteiger partial charge in [-0.05, 0) is 23.8 Å². The van der Waals surface area contributed by atoms with Gasteiger partial charge in [-0.2, -0.15) is 0 Å². The first kappa shape index (κ1) is 8.78. The number of nitrogens with two attached hydrogens (primary N) is 1. The zero-order chi connectivity index (χ0) is 9.26. The standard InChI is InChI=1S/C10H8BrNS/c11-8-3-1-7(2-4-8)10-5-9(12)6-13-10/h1-6H,12H2. The maximum atomic E-state index is 5.65. The topological polar surface area (TPSA) is 26.0 Å². The molecule has 0 amide bonds. The quantitative estimate of drug-likeness (QED) is 0.823. The van der Waals surface area contributed by atoms with Crippen LogP contribution in [0.1, 0.15) is 0 Å². The molecule has 0 aliphatic carbocycles. The first-order valence-electron chi connectivity index (χ1n) is 3.85. The number of thiophene rings is 1. The smallest absolute Gasteiger partial charge is 0.0429 e. The minimum atomic E-state index is 0.836. The van der Waals surface area contributed by atoms with Crippen LogP contribution >= 0.6 is 27.3 Å². The van der Waals surface area contributed by atoms with Crippen LogP contribution in [-0.4, -0.2) is 0 Å². The van der Waals surface area contributed by atoms with Crippen LogP contribution in [0.5, 0.6) is 0 Å². The van der Waals surface area contributed by atoms with Crippen molar-refractivity contribution in [1.82, 2.24) is 0 Å². The fraction of sp³-hybridized carbons (Fsp3) is 0. The van der Waals surface area contributed by atoms with Crippen LogP contribution < -0.4 is 5.73 Å². The number of nitrogen functional groups attached to an aromatic ring is 1. The van der Waals surface area contributed by atoms with E-state index in [0.29, 0.717) is 0 Å². The third-order valence-electron chi connectivity index (χ3n) is 1.75. The van der Waals surface area contributed by atoms with Crippen molar-refractivity contribution in [2.75, 3.05) is 5.73 Å². The van der Waals surface area contributed by atoms with E-state index in [0.717, 1.165) is 10.2 Å². The summed E-state index contributed by atoms with van der Waals surface area (Å²) >= 11 is 5.07. The molecule has 0 atom stereocenters. The van der Waals surface area contributed by atoms with Crippen LogP contribution in [0.25, 0.3) is 10.4 Å². The summed E-state index contributed by atoms with van der Waals surface area (Å²) in [6.07, 6.45) is 0. The highest BCUT2D eigenvalue weighted by atomic mass is 79.9. The molecule has 2 aromatic rings. The molecule has 0 saturated heterocycles. The van der Waals surface area contributed by atoms with Crippen molar-refractivity contribution in [3.05, 3.63) is 40.2 Å². The van der Waals surface area contributed by atoms with E-state index in [1.165, 1.54) is 10.4 Å². The molecule has 0 saturated carbocycles. The summed E-state index contributed by atoms with van der Waals surface area (Å²) in [5.41, 5.74) is 7.70. The normalized spacial score (nSPS) is 10.2. The number of hydrogen-bond donors (Lipinski definition) is 1. The molecule has 0 aliphatic heterocycles. The van der Waals surface area contributed by atoms with Crippen molar-refractivity contribution >= 4 is 33.0 Å². The van der Waals surface area contributed by atoms with Crippen LogP contribution in [-0.2, 0) is 0 Å². The number of hydrogen-bond acceptors (Lipinski definition) is 2. The van der Waals surface area contributed by atoms with Gasteiger partial charge in [0.2, 0.25) is 0 Å². The highest BCUT2D eigenvalue weighted by molar-refractivity contribution is 9.10. The summed E-state index contributed by atoms with van der Waals surface area (Å²) in [6, 6.07) is 10.2. The first-order chi connectivity index (χ1) is 6.25. The van der Waals surface area contributed by atoms with Gasteiger partial charge in [0.1, 0.15) is 0 Å². The Morgan fingerprint density at radius 1 is 1.15 bits per heavy atom. The Morgan fingerprint density at radius 2 is 1.85 bits per heavy atom. The van der Waals surface area contributed by atoms with Crippen molar-refractivity contribution in [3.8, 4) is 10.4 Å². The van der Waals surface area contributed by atoms with Crippen molar-refractivity contribution < 1.29 is 0 Å². The van der Waals surface area contributed by atoms with Crippen molar-refractivity contribution in [2.24, 2.45) is 0 Å². The molecule has 0 bridgehead atoms. The average Bonchev–Trinajstić information content (AvgIpc) is 2.53. The zero-order valence-corrected chi connectivity index (χ0v) is 9.23. The second-order valence-electron chi connectivity index (χ2n) is 2.75. The molecule has 0 fully saturated rings. The summed E-state index contributed by atoms with van der Waals surface area (Å²) in [5, 5.41) is 1.96. The maximum Gasteiger partial charge on any atom is 0.0429 e. The van der Waals surface area contributed by atoms with Crippen LogP contribution in [0.15, 0.2) is 40.2 Å². The van der Waals surface area contributed by atoms with Gasteiger partial charge in [-0.25, -0.2) is 0 Å². The van der Waals surface area contributed by atoms with E-state index in [2.05, 4.69) is 28.1 Å². The van der Waals surface area contributed by atoms with Crippen molar-refractivity contribution in [1.29, 1.82) is 0 Å². The van der Waals surface area contributed by atoms with E-state index < -0.39 is 0 Å². The van der Waals surface area contributed by atoms with Gasteiger partial charge in [-0.3, -0.25) is 0 Å². The Bertz CT molecular complexity index is 405. The molecule has 66 valence electrons. The molecule has 0 unspecified atom stereocenters. The lowest BCUT2D eigenvalue weighted by atomic mass is 10.2. The van der Waals surface area contributed by atoms with Crippen molar-refractivity contribution in [2.45, 2.75) is 0 Å². The average molecular weight is 254 g/mol. The van der Waals surface area contributed by atoms with Gasteiger partial charge >= 0.3 is 0 Å². The van der Waals surface area contributed by atoms with Crippen molar-refractivity contribution in [3.63, 3.8) is 0 Å². The zero-order valence-electron chi connectivity index (χ0n) is 6.83. The number of anilines is 1. The van der Waals surface area contributed by atoms with E-state index >= 15 is 0 Å². The van der Waals surface area contributed by atoms with Gasteiger partial charge in [0.25, 0.3) is 0 Å². The van der Waals surface area contributed by atoms with Gasteiger partial charge in [0, 0.05) is 20.4 Å². The fourth-order valence-corrected chi connectivity index (χ4v) is 2.19. The molecule has 1 aromatic carbocycles. The van der Waals surface area contributed by atoms with E-state index in [-0.39, 0.29) is 0 Å². The lowest BCUT2D eigenvalue weighted by molar-refractivity contribution is 1.65.